The molecule has 0 atom stereocenters. The summed E-state index contributed by atoms with van der Waals surface area (Å²) in [7, 11) is -3.77. The van der Waals surface area contributed by atoms with Crippen LogP contribution in [0, 0.1) is 0 Å². The largest absolute Gasteiger partial charge is 0.416 e. The van der Waals surface area contributed by atoms with Crippen LogP contribution in [0.5, 0.6) is 0 Å². The van der Waals surface area contributed by atoms with Gasteiger partial charge in [0, 0.05) is 48.5 Å². The Morgan fingerprint density at radius 3 is 2.53 bits per heavy atom. The number of halogens is 4. The maximum atomic E-state index is 13.7. The second-order valence-corrected chi connectivity index (χ2v) is 12.0. The highest BCUT2D eigenvalue weighted by atomic mass is 35.5. The number of primary sulfonamides is 1. The highest BCUT2D eigenvalue weighted by Gasteiger charge is 2.34. The zero-order valence-electron chi connectivity index (χ0n) is 22.7. The van der Waals surface area contributed by atoms with Crippen molar-refractivity contribution < 1.29 is 26.4 Å². The van der Waals surface area contributed by atoms with Gasteiger partial charge in [-0.3, -0.25) is 4.79 Å². The highest BCUT2D eigenvalue weighted by molar-refractivity contribution is 7.89. The van der Waals surface area contributed by atoms with E-state index in [2.05, 4.69) is 15.6 Å². The van der Waals surface area contributed by atoms with Crippen LogP contribution in [0.1, 0.15) is 27.0 Å². The summed E-state index contributed by atoms with van der Waals surface area (Å²) in [6.45, 7) is 1.27. The number of anilines is 2. The molecule has 2 heterocycles. The van der Waals surface area contributed by atoms with E-state index in [0.717, 1.165) is 11.6 Å². The van der Waals surface area contributed by atoms with E-state index in [4.69, 9.17) is 16.7 Å². The van der Waals surface area contributed by atoms with Crippen molar-refractivity contribution in [1.82, 2.24) is 10.3 Å². The molecule has 8 nitrogen and oxygen atoms in total. The zero-order chi connectivity index (χ0) is 30.8. The number of benzene rings is 3. The molecule has 0 aliphatic carbocycles. The van der Waals surface area contributed by atoms with Crippen molar-refractivity contribution in [2.24, 2.45) is 5.14 Å². The maximum absolute atomic E-state index is 13.7. The first-order chi connectivity index (χ1) is 20.4. The van der Waals surface area contributed by atoms with Crippen molar-refractivity contribution >= 4 is 39.0 Å². The summed E-state index contributed by atoms with van der Waals surface area (Å²) in [6, 6.07) is 18.5. The Kier molecular flexibility index (Phi) is 8.63. The van der Waals surface area contributed by atoms with Crippen molar-refractivity contribution in [1.29, 1.82) is 0 Å². The van der Waals surface area contributed by atoms with Crippen LogP contribution in [0.2, 0.25) is 5.02 Å². The van der Waals surface area contributed by atoms with Gasteiger partial charge in [0.2, 0.25) is 10.0 Å². The van der Waals surface area contributed by atoms with E-state index < -0.39 is 21.8 Å². The van der Waals surface area contributed by atoms with E-state index in [1.54, 1.807) is 36.5 Å². The monoisotopic (exact) mass is 629 g/mol. The standard InChI is InChI=1S/C30H27ClF3N5O3S/c31-24-6-9-26(30(32,33)34)23(15-24)18-39-13-12-36-28-27(39)16-22(17-38-28)20-2-1-3-21(14-20)29(40)37-11-10-19-4-7-25(8-5-19)43(35,41)42/h1-9,14-17H,10-13,18H2,(H,36,38)(H,37,40)(H2,35,41,42). The lowest BCUT2D eigenvalue weighted by atomic mass is 10.0. The molecule has 43 heavy (non-hydrogen) atoms. The SMILES string of the molecule is NS(=O)(=O)c1ccc(CCNC(=O)c2cccc(-c3cnc4c(c3)N(Cc3cc(Cl)ccc3C(F)(F)F)CCN4)c2)cc1. The summed E-state index contributed by atoms with van der Waals surface area (Å²) in [5.74, 6) is 0.259. The molecule has 1 aliphatic heterocycles. The minimum atomic E-state index is -4.52. The number of carbonyl (C=O) groups excluding carboxylic acids is 1. The number of sulfonamides is 1. The fraction of sp³-hybridized carbons (Fsp3) is 0.200. The molecule has 0 spiro atoms. The third-order valence-corrected chi connectivity index (χ3v) is 8.19. The predicted octanol–water partition coefficient (Wildman–Crippen LogP) is 5.47. The fourth-order valence-corrected chi connectivity index (χ4v) is 5.58. The summed E-state index contributed by atoms with van der Waals surface area (Å²) in [5, 5.41) is 11.4. The molecule has 0 bridgehead atoms. The van der Waals surface area contributed by atoms with E-state index in [1.165, 1.54) is 24.3 Å². The third-order valence-electron chi connectivity index (χ3n) is 7.03. The third kappa shape index (κ3) is 7.27. The number of hydrogen-bond acceptors (Lipinski definition) is 6. The van der Waals surface area contributed by atoms with Gasteiger partial charge in [0.05, 0.1) is 16.1 Å². The topological polar surface area (TPSA) is 117 Å². The molecule has 0 radical (unpaired) electrons. The number of nitrogens with two attached hydrogens (primary N) is 1. The lowest BCUT2D eigenvalue weighted by molar-refractivity contribution is -0.138. The number of nitrogens with zero attached hydrogens (tertiary/aromatic N) is 2. The summed E-state index contributed by atoms with van der Waals surface area (Å²) < 4.78 is 63.9. The normalized spacial score (nSPS) is 13.3. The molecule has 0 saturated carbocycles. The predicted molar refractivity (Wildman–Crippen MR) is 160 cm³/mol. The first-order valence-corrected chi connectivity index (χ1v) is 15.2. The molecular weight excluding hydrogens is 603 g/mol. The van der Waals surface area contributed by atoms with E-state index in [9.17, 15) is 26.4 Å². The van der Waals surface area contributed by atoms with Gasteiger partial charge in [-0.2, -0.15) is 13.2 Å². The minimum Gasteiger partial charge on any atom is -0.367 e. The molecule has 1 amide bonds. The Labute approximate surface area is 251 Å². The molecule has 5 rings (SSSR count). The van der Waals surface area contributed by atoms with Crippen LogP contribution in [-0.2, 0) is 29.2 Å². The second kappa shape index (κ2) is 12.2. The van der Waals surface area contributed by atoms with E-state index >= 15 is 0 Å². The van der Waals surface area contributed by atoms with E-state index in [-0.39, 0.29) is 27.9 Å². The van der Waals surface area contributed by atoms with Crippen LogP contribution in [0.15, 0.2) is 83.9 Å². The van der Waals surface area contributed by atoms with E-state index in [1.807, 2.05) is 17.0 Å². The van der Waals surface area contributed by atoms with Gasteiger partial charge in [0.1, 0.15) is 5.82 Å². The number of pyridine rings is 1. The molecule has 13 heteroatoms. The first-order valence-electron chi connectivity index (χ1n) is 13.2. The van der Waals surface area contributed by atoms with Gasteiger partial charge in [-0.15, -0.1) is 0 Å². The number of alkyl halides is 3. The van der Waals surface area contributed by atoms with Crippen LogP contribution >= 0.6 is 11.6 Å². The van der Waals surface area contributed by atoms with Gasteiger partial charge < -0.3 is 15.5 Å². The average molecular weight is 630 g/mol. The molecule has 224 valence electrons. The van der Waals surface area contributed by atoms with Crippen LogP contribution in [0.4, 0.5) is 24.7 Å². The highest BCUT2D eigenvalue weighted by Crippen LogP contribution is 2.37. The molecule has 4 aromatic rings. The minimum absolute atomic E-state index is 0.0115. The molecule has 0 saturated heterocycles. The number of amides is 1. The number of aromatic nitrogens is 1. The summed E-state index contributed by atoms with van der Waals surface area (Å²) in [5.41, 5.74) is 2.63. The Hall–Kier alpha value is -4.13. The van der Waals surface area contributed by atoms with Crippen LogP contribution in [0.3, 0.4) is 0 Å². The number of hydrogen-bond donors (Lipinski definition) is 3. The number of carbonyl (C=O) groups is 1. The van der Waals surface area contributed by atoms with Gasteiger partial charge >= 0.3 is 6.18 Å². The van der Waals surface area contributed by atoms with E-state index in [0.29, 0.717) is 54.3 Å². The smallest absolute Gasteiger partial charge is 0.367 e. The Morgan fingerprint density at radius 2 is 1.81 bits per heavy atom. The molecular formula is C30H27ClF3N5O3S. The zero-order valence-corrected chi connectivity index (χ0v) is 24.2. The number of fused-ring (bicyclic) bond motifs is 1. The lowest BCUT2D eigenvalue weighted by Gasteiger charge is -2.32. The van der Waals surface area contributed by atoms with Gasteiger partial charge in [0.25, 0.3) is 5.91 Å². The van der Waals surface area contributed by atoms with Gasteiger partial charge in [-0.05, 0) is 71.6 Å². The van der Waals surface area contributed by atoms with Crippen molar-refractivity contribution in [2.45, 2.75) is 24.0 Å². The molecule has 0 unspecified atom stereocenters. The van der Waals surface area contributed by atoms with Crippen molar-refractivity contribution in [3.63, 3.8) is 0 Å². The molecule has 1 aromatic heterocycles. The Balaban J connectivity index is 1.31. The van der Waals surface area contributed by atoms with Crippen molar-refractivity contribution in [2.75, 3.05) is 29.9 Å². The van der Waals surface area contributed by atoms with Crippen molar-refractivity contribution in [3.8, 4) is 11.1 Å². The molecule has 3 aromatic carbocycles. The molecule has 0 fully saturated rings. The second-order valence-electron chi connectivity index (χ2n) is 10.0. The quantitative estimate of drug-likeness (QED) is 0.238. The van der Waals surface area contributed by atoms with Crippen molar-refractivity contribution in [3.05, 3.63) is 106 Å². The summed E-state index contributed by atoms with van der Waals surface area (Å²) >= 11 is 6.05. The van der Waals surface area contributed by atoms with Crippen LogP contribution < -0.4 is 20.7 Å². The van der Waals surface area contributed by atoms with Gasteiger partial charge in [-0.25, -0.2) is 18.5 Å². The Morgan fingerprint density at radius 1 is 1.05 bits per heavy atom. The Bertz CT molecular complexity index is 1770. The first kappa shape index (κ1) is 30.3. The van der Waals surface area contributed by atoms with Gasteiger partial charge in [0.15, 0.2) is 0 Å². The number of nitrogens with one attached hydrogen (secondary N) is 2. The summed E-state index contributed by atoms with van der Waals surface area (Å²) in [4.78, 5) is 19.2. The van der Waals surface area contributed by atoms with Crippen LogP contribution in [-0.4, -0.2) is 38.9 Å². The molecule has 4 N–H and O–H groups in total. The van der Waals surface area contributed by atoms with Crippen LogP contribution in [0.25, 0.3) is 11.1 Å². The lowest BCUT2D eigenvalue weighted by Crippen LogP contribution is -2.34. The summed E-state index contributed by atoms with van der Waals surface area (Å²) in [6.07, 6.45) is -2.38. The fourth-order valence-electron chi connectivity index (χ4n) is 4.87. The van der Waals surface area contributed by atoms with Gasteiger partial charge in [-0.1, -0.05) is 35.9 Å². The maximum Gasteiger partial charge on any atom is 0.416 e. The average Bonchev–Trinajstić information content (AvgIpc) is 2.96. The number of rotatable bonds is 8. The molecule has 1 aliphatic rings.